The Morgan fingerprint density at radius 3 is 1.69 bits per heavy atom. The van der Waals surface area contributed by atoms with Gasteiger partial charge >= 0.3 is 0 Å². The van der Waals surface area contributed by atoms with Crippen LogP contribution in [0.3, 0.4) is 0 Å². The van der Waals surface area contributed by atoms with Gasteiger partial charge in [-0.2, -0.15) is 0 Å². The smallest absolute Gasteiger partial charge is 0.123 e. The highest BCUT2D eigenvalue weighted by molar-refractivity contribution is 5.27. The second-order valence-electron chi connectivity index (χ2n) is 3.79. The Morgan fingerprint density at radius 1 is 0.750 bits per heavy atom. The monoisotopic (exact) mass is 216 g/mol. The molecule has 0 amide bonds. The van der Waals surface area contributed by atoms with Crippen molar-refractivity contribution in [2.24, 2.45) is 0 Å². The summed E-state index contributed by atoms with van der Waals surface area (Å²) in [6.07, 6.45) is 1.77. The molecule has 0 aliphatic rings. The molecule has 0 unspecified atom stereocenters. The average Bonchev–Trinajstić information content (AvgIpc) is 2.30. The molecule has 0 saturated heterocycles. The second-order valence-corrected chi connectivity index (χ2v) is 3.79. The zero-order valence-corrected chi connectivity index (χ0v) is 8.86. The van der Waals surface area contributed by atoms with Crippen LogP contribution in [0.15, 0.2) is 48.5 Å². The highest BCUT2D eigenvalue weighted by atomic mass is 19.1. The molecule has 2 aromatic rings. The number of phenolic OH excluding ortho intramolecular Hbond substituents is 1. The number of aryl methyl sites for hydroxylation is 2. The summed E-state index contributed by atoms with van der Waals surface area (Å²) in [4.78, 5) is 0. The van der Waals surface area contributed by atoms with Crippen molar-refractivity contribution in [3.05, 3.63) is 65.5 Å². The van der Waals surface area contributed by atoms with E-state index in [1.54, 1.807) is 24.3 Å². The van der Waals surface area contributed by atoms with E-state index in [1.807, 2.05) is 12.1 Å². The summed E-state index contributed by atoms with van der Waals surface area (Å²) >= 11 is 0. The number of aromatic hydroxyl groups is 1. The van der Waals surface area contributed by atoms with Crippen LogP contribution in [0.5, 0.6) is 5.75 Å². The quantitative estimate of drug-likeness (QED) is 0.834. The Bertz CT molecular complexity index is 400. The number of benzene rings is 2. The van der Waals surface area contributed by atoms with E-state index in [2.05, 4.69) is 0 Å². The molecule has 16 heavy (non-hydrogen) atoms. The third kappa shape index (κ3) is 2.83. The Balaban J connectivity index is 1.97. The van der Waals surface area contributed by atoms with Crippen molar-refractivity contribution in [2.75, 3.05) is 0 Å². The second kappa shape index (κ2) is 4.79. The minimum atomic E-state index is -0.201. The molecular weight excluding hydrogens is 203 g/mol. The summed E-state index contributed by atoms with van der Waals surface area (Å²) < 4.78 is 12.7. The number of phenols is 1. The van der Waals surface area contributed by atoms with Crippen LogP contribution in [0.2, 0.25) is 0 Å². The molecule has 0 fully saturated rings. The molecule has 0 heterocycles. The van der Waals surface area contributed by atoms with Gasteiger partial charge in [-0.25, -0.2) is 4.39 Å². The van der Waals surface area contributed by atoms with Crippen molar-refractivity contribution >= 4 is 0 Å². The lowest BCUT2D eigenvalue weighted by molar-refractivity contribution is 0.475. The van der Waals surface area contributed by atoms with Gasteiger partial charge in [0, 0.05) is 0 Å². The van der Waals surface area contributed by atoms with Gasteiger partial charge in [-0.1, -0.05) is 24.3 Å². The molecule has 1 N–H and O–H groups in total. The highest BCUT2D eigenvalue weighted by Gasteiger charge is 1.97. The molecule has 0 aromatic heterocycles. The van der Waals surface area contributed by atoms with Crippen LogP contribution in [-0.4, -0.2) is 5.11 Å². The molecule has 0 saturated carbocycles. The first-order valence-corrected chi connectivity index (χ1v) is 5.26. The van der Waals surface area contributed by atoms with E-state index in [4.69, 9.17) is 5.11 Å². The van der Waals surface area contributed by atoms with Gasteiger partial charge in [0.25, 0.3) is 0 Å². The predicted molar refractivity (Wildman–Crippen MR) is 61.9 cm³/mol. The zero-order valence-electron chi connectivity index (χ0n) is 8.86. The van der Waals surface area contributed by atoms with Crippen molar-refractivity contribution < 1.29 is 9.50 Å². The van der Waals surface area contributed by atoms with E-state index >= 15 is 0 Å². The fraction of sp³-hybridized carbons (Fsp3) is 0.143. The van der Waals surface area contributed by atoms with Crippen LogP contribution < -0.4 is 0 Å². The number of hydrogen-bond donors (Lipinski definition) is 1. The van der Waals surface area contributed by atoms with E-state index in [0.29, 0.717) is 0 Å². The fourth-order valence-electron chi connectivity index (χ4n) is 1.60. The van der Waals surface area contributed by atoms with Crippen molar-refractivity contribution in [3.63, 3.8) is 0 Å². The van der Waals surface area contributed by atoms with E-state index in [-0.39, 0.29) is 11.6 Å². The summed E-state index contributed by atoms with van der Waals surface area (Å²) in [6, 6.07) is 13.7. The van der Waals surface area contributed by atoms with Gasteiger partial charge in [-0.05, 0) is 48.2 Å². The minimum absolute atomic E-state index is 0.201. The maximum absolute atomic E-state index is 12.7. The summed E-state index contributed by atoms with van der Waals surface area (Å²) in [7, 11) is 0. The standard InChI is InChI=1S/C14H13FO/c15-13-7-3-11(4-8-13)1-2-12-5-9-14(16)10-6-12/h3-10,16H,1-2H2. The van der Waals surface area contributed by atoms with Crippen LogP contribution in [0.4, 0.5) is 4.39 Å². The van der Waals surface area contributed by atoms with E-state index in [1.165, 1.54) is 17.7 Å². The van der Waals surface area contributed by atoms with E-state index in [0.717, 1.165) is 18.4 Å². The lowest BCUT2D eigenvalue weighted by Gasteiger charge is -2.02. The molecular formula is C14H13FO. The Kier molecular flexibility index (Phi) is 3.20. The SMILES string of the molecule is Oc1ccc(CCc2ccc(F)cc2)cc1. The zero-order chi connectivity index (χ0) is 11.4. The topological polar surface area (TPSA) is 20.2 Å². The molecule has 2 rings (SSSR count). The minimum Gasteiger partial charge on any atom is -0.508 e. The van der Waals surface area contributed by atoms with Crippen LogP contribution in [0, 0.1) is 5.82 Å². The third-order valence-electron chi connectivity index (χ3n) is 2.55. The first-order chi connectivity index (χ1) is 7.74. The summed E-state index contributed by atoms with van der Waals surface area (Å²) in [5, 5.41) is 9.13. The van der Waals surface area contributed by atoms with Gasteiger partial charge in [0.15, 0.2) is 0 Å². The summed E-state index contributed by atoms with van der Waals surface area (Å²) in [5.74, 6) is 0.0823. The van der Waals surface area contributed by atoms with Gasteiger partial charge in [-0.3, -0.25) is 0 Å². The largest absolute Gasteiger partial charge is 0.508 e. The van der Waals surface area contributed by atoms with E-state index in [9.17, 15) is 4.39 Å². The average molecular weight is 216 g/mol. The van der Waals surface area contributed by atoms with Crippen LogP contribution in [0.25, 0.3) is 0 Å². The van der Waals surface area contributed by atoms with Gasteiger partial charge in [0.2, 0.25) is 0 Å². The molecule has 82 valence electrons. The van der Waals surface area contributed by atoms with E-state index < -0.39 is 0 Å². The van der Waals surface area contributed by atoms with Gasteiger partial charge < -0.3 is 5.11 Å². The van der Waals surface area contributed by atoms with Crippen LogP contribution in [0.1, 0.15) is 11.1 Å². The predicted octanol–water partition coefficient (Wildman–Crippen LogP) is 3.32. The molecule has 0 spiro atoms. The van der Waals surface area contributed by atoms with Crippen molar-refractivity contribution in [1.29, 1.82) is 0 Å². The van der Waals surface area contributed by atoms with Gasteiger partial charge in [0.1, 0.15) is 11.6 Å². The molecule has 0 radical (unpaired) electrons. The Labute approximate surface area is 94.2 Å². The molecule has 2 aromatic carbocycles. The van der Waals surface area contributed by atoms with Crippen molar-refractivity contribution in [2.45, 2.75) is 12.8 Å². The third-order valence-corrected chi connectivity index (χ3v) is 2.55. The van der Waals surface area contributed by atoms with Gasteiger partial charge in [-0.15, -0.1) is 0 Å². The maximum Gasteiger partial charge on any atom is 0.123 e. The van der Waals surface area contributed by atoms with Crippen LogP contribution >= 0.6 is 0 Å². The summed E-state index contributed by atoms with van der Waals surface area (Å²) in [5.41, 5.74) is 2.29. The molecule has 0 aliphatic carbocycles. The van der Waals surface area contributed by atoms with Crippen molar-refractivity contribution in [3.8, 4) is 5.75 Å². The molecule has 1 nitrogen and oxygen atoms in total. The summed E-state index contributed by atoms with van der Waals surface area (Å²) in [6.45, 7) is 0. The maximum atomic E-state index is 12.7. The molecule has 0 aliphatic heterocycles. The van der Waals surface area contributed by atoms with Gasteiger partial charge in [0.05, 0.1) is 0 Å². The Hall–Kier alpha value is -1.83. The lowest BCUT2D eigenvalue weighted by atomic mass is 10.0. The van der Waals surface area contributed by atoms with Crippen LogP contribution in [-0.2, 0) is 12.8 Å². The number of rotatable bonds is 3. The number of hydrogen-bond acceptors (Lipinski definition) is 1. The first-order valence-electron chi connectivity index (χ1n) is 5.26. The van der Waals surface area contributed by atoms with Crippen molar-refractivity contribution in [1.82, 2.24) is 0 Å². The highest BCUT2D eigenvalue weighted by Crippen LogP contribution is 2.12. The molecule has 0 bridgehead atoms. The first kappa shape index (κ1) is 10.7. The number of halogens is 1. The molecule has 2 heteroatoms. The molecule has 0 atom stereocenters. The normalized spacial score (nSPS) is 10.3. The fourth-order valence-corrected chi connectivity index (χ4v) is 1.60. The lowest BCUT2D eigenvalue weighted by Crippen LogP contribution is -1.91. The Morgan fingerprint density at radius 2 is 1.19 bits per heavy atom.